The molecule has 2 saturated carbocycles. The fourth-order valence-corrected chi connectivity index (χ4v) is 7.01. The van der Waals surface area contributed by atoms with Crippen LogP contribution in [0.15, 0.2) is 35.7 Å². The number of sulfonamides is 1. The van der Waals surface area contributed by atoms with Gasteiger partial charge < -0.3 is 15.6 Å². The molecule has 13 heteroatoms. The van der Waals surface area contributed by atoms with Crippen molar-refractivity contribution in [2.45, 2.75) is 42.7 Å². The number of imidazole rings is 1. The molecule has 0 radical (unpaired) electrons. The van der Waals surface area contributed by atoms with Gasteiger partial charge in [-0.15, -0.1) is 0 Å². The van der Waals surface area contributed by atoms with Crippen molar-refractivity contribution < 1.29 is 17.6 Å². The Morgan fingerprint density at radius 1 is 1.19 bits per heavy atom. The van der Waals surface area contributed by atoms with Crippen LogP contribution in [-0.4, -0.2) is 39.7 Å². The molecule has 0 bridgehead atoms. The third-order valence-corrected chi connectivity index (χ3v) is 8.90. The lowest BCUT2D eigenvalue weighted by Crippen LogP contribution is -2.33. The zero-order valence-corrected chi connectivity index (χ0v) is 21.4. The summed E-state index contributed by atoms with van der Waals surface area (Å²) in [6, 6.07) is 3.79. The van der Waals surface area contributed by atoms with Crippen molar-refractivity contribution in [3.05, 3.63) is 52.8 Å². The standard InChI is InChI=1S/C23H27ClFN7O3S/c1-31-10-19(27-11-31)36(34,35)30-16-7-12-5-14(6-13(12)8-16)21-20(22(26)32(2)29-21)23(33)28-15-3-4-18(25)17(24)9-15/h3-4,9-14,16,30H,5-8,26H2,1-2H3,(H,28,33). The van der Waals surface area contributed by atoms with E-state index >= 15 is 0 Å². The molecule has 1 amide bonds. The van der Waals surface area contributed by atoms with Gasteiger partial charge in [-0.2, -0.15) is 5.10 Å². The number of rotatable bonds is 6. The zero-order chi connectivity index (χ0) is 25.8. The van der Waals surface area contributed by atoms with E-state index < -0.39 is 21.7 Å². The molecule has 2 unspecified atom stereocenters. The highest BCUT2D eigenvalue weighted by Gasteiger charge is 2.45. The summed E-state index contributed by atoms with van der Waals surface area (Å²) < 4.78 is 44.7. The molecule has 2 heterocycles. The summed E-state index contributed by atoms with van der Waals surface area (Å²) in [6.45, 7) is 0. The molecular weight excluding hydrogens is 509 g/mol. The summed E-state index contributed by atoms with van der Waals surface area (Å²) in [7, 11) is -0.270. The molecule has 36 heavy (non-hydrogen) atoms. The maximum absolute atomic E-state index is 13.5. The Morgan fingerprint density at radius 3 is 2.50 bits per heavy atom. The minimum atomic E-state index is -3.68. The number of nitrogens with zero attached hydrogens (tertiary/aromatic N) is 4. The van der Waals surface area contributed by atoms with Gasteiger partial charge >= 0.3 is 0 Å². The van der Waals surface area contributed by atoms with Crippen LogP contribution >= 0.6 is 11.6 Å². The Bertz CT molecular complexity index is 1420. The first-order chi connectivity index (χ1) is 17.0. The average molecular weight is 536 g/mol. The van der Waals surface area contributed by atoms with Gasteiger partial charge in [0.15, 0.2) is 5.03 Å². The lowest BCUT2D eigenvalue weighted by Gasteiger charge is -2.16. The van der Waals surface area contributed by atoms with Gasteiger partial charge in [0.2, 0.25) is 0 Å². The number of carbonyl (C=O) groups is 1. The van der Waals surface area contributed by atoms with Crippen molar-refractivity contribution >= 4 is 39.0 Å². The Morgan fingerprint density at radius 2 is 1.89 bits per heavy atom. The van der Waals surface area contributed by atoms with E-state index in [0.29, 0.717) is 41.6 Å². The van der Waals surface area contributed by atoms with Crippen LogP contribution in [0.4, 0.5) is 15.9 Å². The van der Waals surface area contributed by atoms with E-state index in [1.165, 1.54) is 35.4 Å². The van der Waals surface area contributed by atoms with Gasteiger partial charge in [-0.25, -0.2) is 22.5 Å². The van der Waals surface area contributed by atoms with Gasteiger partial charge in [-0.1, -0.05) is 11.6 Å². The quantitative estimate of drug-likeness (QED) is 0.443. The molecule has 2 aromatic heterocycles. The van der Waals surface area contributed by atoms with E-state index in [-0.39, 0.29) is 27.8 Å². The number of benzene rings is 1. The second kappa shape index (κ2) is 9.16. The minimum Gasteiger partial charge on any atom is -0.383 e. The van der Waals surface area contributed by atoms with Crippen LogP contribution in [0.2, 0.25) is 5.02 Å². The van der Waals surface area contributed by atoms with Crippen molar-refractivity contribution in [1.82, 2.24) is 24.1 Å². The molecule has 2 fully saturated rings. The summed E-state index contributed by atoms with van der Waals surface area (Å²) >= 11 is 5.84. The molecular formula is C23H27ClFN7O3S. The van der Waals surface area contributed by atoms with Crippen LogP contribution in [-0.2, 0) is 24.1 Å². The molecule has 5 rings (SSSR count). The normalized spacial score (nSPS) is 23.7. The number of hydrogen-bond donors (Lipinski definition) is 3. The molecule has 10 nitrogen and oxygen atoms in total. The predicted octanol–water partition coefficient (Wildman–Crippen LogP) is 3.03. The van der Waals surface area contributed by atoms with Crippen molar-refractivity contribution in [2.75, 3.05) is 11.1 Å². The number of aryl methyl sites for hydroxylation is 2. The van der Waals surface area contributed by atoms with Gasteiger partial charge in [-0.3, -0.25) is 9.48 Å². The summed E-state index contributed by atoms with van der Waals surface area (Å²) in [5, 5.41) is 7.22. The number of nitrogens with one attached hydrogen (secondary N) is 2. The van der Waals surface area contributed by atoms with Gasteiger partial charge in [-0.05, 0) is 55.7 Å². The van der Waals surface area contributed by atoms with Crippen molar-refractivity contribution in [3.8, 4) is 0 Å². The number of anilines is 2. The molecule has 192 valence electrons. The molecule has 4 N–H and O–H groups in total. The topological polar surface area (TPSA) is 137 Å². The molecule has 3 aromatic rings. The Kier molecular flexibility index (Phi) is 6.29. The van der Waals surface area contributed by atoms with E-state index in [2.05, 4.69) is 20.1 Å². The SMILES string of the molecule is Cn1cnc(S(=O)(=O)NC2CC3CC(c4nn(C)c(N)c4C(=O)Nc4ccc(F)c(Cl)c4)CC3C2)c1. The third kappa shape index (κ3) is 4.60. The average Bonchev–Trinajstić information content (AvgIpc) is 3.55. The molecule has 0 spiro atoms. The lowest BCUT2D eigenvalue weighted by molar-refractivity contribution is 0.102. The Balaban J connectivity index is 1.28. The fraction of sp³-hybridized carbons (Fsp3) is 0.435. The van der Waals surface area contributed by atoms with Gasteiger partial charge in [0.25, 0.3) is 15.9 Å². The highest BCUT2D eigenvalue weighted by Crippen LogP contribution is 2.51. The van der Waals surface area contributed by atoms with Crippen LogP contribution in [0.3, 0.4) is 0 Å². The highest BCUT2D eigenvalue weighted by molar-refractivity contribution is 7.89. The van der Waals surface area contributed by atoms with Crippen LogP contribution < -0.4 is 15.8 Å². The van der Waals surface area contributed by atoms with Crippen molar-refractivity contribution in [2.24, 2.45) is 25.9 Å². The number of fused-ring (bicyclic) bond motifs is 1. The first-order valence-electron chi connectivity index (χ1n) is 11.6. The number of carbonyl (C=O) groups excluding carboxylic acids is 1. The number of amides is 1. The second-order valence-electron chi connectivity index (χ2n) is 9.71. The predicted molar refractivity (Wildman–Crippen MR) is 132 cm³/mol. The molecule has 2 atom stereocenters. The number of aromatic nitrogens is 4. The molecule has 1 aromatic carbocycles. The van der Waals surface area contributed by atoms with E-state index in [1.54, 1.807) is 18.7 Å². The summed E-state index contributed by atoms with van der Waals surface area (Å²) in [4.78, 5) is 17.1. The Hall–Kier alpha value is -2.96. The number of nitrogen functional groups attached to an aromatic ring is 1. The van der Waals surface area contributed by atoms with Gasteiger partial charge in [0.05, 0.1) is 17.0 Å². The minimum absolute atomic E-state index is 0.0157. The van der Waals surface area contributed by atoms with Crippen molar-refractivity contribution in [3.63, 3.8) is 0 Å². The smallest absolute Gasteiger partial charge is 0.261 e. The highest BCUT2D eigenvalue weighted by atomic mass is 35.5. The zero-order valence-electron chi connectivity index (χ0n) is 19.8. The van der Waals surface area contributed by atoms with Crippen LogP contribution in [0.1, 0.15) is 47.7 Å². The monoisotopic (exact) mass is 535 g/mol. The molecule has 2 aliphatic rings. The molecule has 2 aliphatic carbocycles. The first kappa shape index (κ1) is 24.7. The van der Waals surface area contributed by atoms with Gasteiger partial charge in [0.1, 0.15) is 17.2 Å². The summed E-state index contributed by atoms with van der Waals surface area (Å²) in [6.07, 6.45) is 5.93. The lowest BCUT2D eigenvalue weighted by atomic mass is 9.95. The van der Waals surface area contributed by atoms with E-state index in [1.807, 2.05) is 0 Å². The maximum atomic E-state index is 13.5. The van der Waals surface area contributed by atoms with E-state index in [0.717, 1.165) is 12.8 Å². The van der Waals surface area contributed by atoms with Crippen LogP contribution in [0.25, 0.3) is 0 Å². The summed E-state index contributed by atoms with van der Waals surface area (Å²) in [5.41, 5.74) is 7.49. The molecule has 0 aliphatic heterocycles. The van der Waals surface area contributed by atoms with E-state index in [4.69, 9.17) is 17.3 Å². The fourth-order valence-electron chi connectivity index (χ4n) is 5.59. The number of hydrogen-bond acceptors (Lipinski definition) is 6. The maximum Gasteiger partial charge on any atom is 0.261 e. The summed E-state index contributed by atoms with van der Waals surface area (Å²) in [5.74, 6) is -0.128. The van der Waals surface area contributed by atoms with Crippen LogP contribution in [0.5, 0.6) is 0 Å². The Labute approximate surface area is 213 Å². The second-order valence-corrected chi connectivity index (χ2v) is 11.8. The molecule has 0 saturated heterocycles. The largest absolute Gasteiger partial charge is 0.383 e. The number of nitrogens with two attached hydrogens (primary N) is 1. The first-order valence-corrected chi connectivity index (χ1v) is 13.5. The third-order valence-electron chi connectivity index (χ3n) is 7.20. The number of halogens is 2. The van der Waals surface area contributed by atoms with Crippen LogP contribution in [0, 0.1) is 17.7 Å². The van der Waals surface area contributed by atoms with Crippen molar-refractivity contribution in [1.29, 1.82) is 0 Å². The van der Waals surface area contributed by atoms with Gasteiger partial charge in [0, 0.05) is 37.9 Å². The van der Waals surface area contributed by atoms with E-state index in [9.17, 15) is 17.6 Å².